The minimum atomic E-state index is -2.21. The second-order valence-electron chi connectivity index (χ2n) is 1.95. The molecule has 0 saturated carbocycles. The maximum absolute atomic E-state index is 10.0. The van der Waals surface area contributed by atoms with Crippen LogP contribution in [0, 0.1) is 0 Å². The van der Waals surface area contributed by atoms with Gasteiger partial charge in [0.1, 0.15) is 0 Å². The van der Waals surface area contributed by atoms with Gasteiger partial charge in [0.15, 0.2) is 0 Å². The van der Waals surface area contributed by atoms with Crippen molar-refractivity contribution in [3.63, 3.8) is 0 Å². The smallest absolute Gasteiger partial charge is 0.0877 e. The van der Waals surface area contributed by atoms with E-state index < -0.39 is 17.2 Å². The fourth-order valence-electron chi connectivity index (χ4n) is 0.493. The van der Waals surface area contributed by atoms with Crippen LogP contribution >= 0.6 is 0 Å². The Bertz CT molecular complexity index is 137. The van der Waals surface area contributed by atoms with E-state index in [-0.39, 0.29) is 12.4 Å². The summed E-state index contributed by atoms with van der Waals surface area (Å²) in [6, 6.07) is 0. The lowest BCUT2D eigenvalue weighted by atomic mass is 10.4. The zero-order valence-corrected chi connectivity index (χ0v) is 6.88. The highest BCUT2D eigenvalue weighted by Gasteiger charge is 2.02. The van der Waals surface area contributed by atoms with Gasteiger partial charge < -0.3 is 14.4 Å². The van der Waals surface area contributed by atoms with Gasteiger partial charge in [-0.15, -0.1) is 6.58 Å². The van der Waals surface area contributed by atoms with Gasteiger partial charge in [-0.1, -0.05) is 17.2 Å². The van der Waals surface area contributed by atoms with Gasteiger partial charge in [0.05, 0.1) is 19.3 Å². The summed E-state index contributed by atoms with van der Waals surface area (Å²) in [4.78, 5) is 0. The topological polar surface area (TPSA) is 69.6 Å². The molecule has 0 rings (SSSR count). The lowest BCUT2D eigenvalue weighted by Gasteiger charge is -2.11. The van der Waals surface area contributed by atoms with Crippen LogP contribution in [-0.2, 0) is 15.8 Å². The van der Waals surface area contributed by atoms with Gasteiger partial charge in [0.2, 0.25) is 0 Å². The lowest BCUT2D eigenvalue weighted by Crippen LogP contribution is -2.22. The number of aliphatic hydroxyl groups excluding tert-OH is 1. The molecular weight excluding hydrogens is 168 g/mol. The maximum atomic E-state index is 10.0. The first-order valence-electron chi connectivity index (χ1n) is 3.09. The van der Waals surface area contributed by atoms with Crippen molar-refractivity contribution >= 4 is 11.1 Å². The molecule has 1 N–H and O–H groups in total. The number of hydrogen-bond acceptors (Lipinski definition) is 4. The SMILES string of the molecule is C=CCOCC(O)CS(=O)[O-]. The summed E-state index contributed by atoms with van der Waals surface area (Å²) in [5.74, 6) is -0.281. The van der Waals surface area contributed by atoms with Crippen molar-refractivity contribution in [2.45, 2.75) is 6.10 Å². The summed E-state index contributed by atoms with van der Waals surface area (Å²) in [7, 11) is 0. The highest BCUT2D eigenvalue weighted by atomic mass is 32.2. The Labute approximate surface area is 68.2 Å². The molecule has 0 fully saturated rings. The molecule has 0 aliphatic carbocycles. The summed E-state index contributed by atoms with van der Waals surface area (Å²) >= 11 is -2.21. The summed E-state index contributed by atoms with van der Waals surface area (Å²) < 4.78 is 24.8. The van der Waals surface area contributed by atoms with Gasteiger partial charge in [-0.2, -0.15) is 0 Å². The second kappa shape index (κ2) is 6.48. The minimum absolute atomic E-state index is 0.0278. The molecular formula is C6H11O4S-. The van der Waals surface area contributed by atoms with Gasteiger partial charge in [0.25, 0.3) is 0 Å². The van der Waals surface area contributed by atoms with E-state index in [4.69, 9.17) is 9.84 Å². The third-order valence-electron chi connectivity index (χ3n) is 0.874. The van der Waals surface area contributed by atoms with Crippen LogP contribution in [0.3, 0.4) is 0 Å². The number of rotatable bonds is 6. The minimum Gasteiger partial charge on any atom is -0.772 e. The van der Waals surface area contributed by atoms with Crippen molar-refractivity contribution in [2.24, 2.45) is 0 Å². The molecule has 4 nitrogen and oxygen atoms in total. The first kappa shape index (κ1) is 10.8. The molecule has 0 saturated heterocycles. The average Bonchev–Trinajstić information content (AvgIpc) is 1.86. The average molecular weight is 179 g/mol. The number of ether oxygens (including phenoxy) is 1. The van der Waals surface area contributed by atoms with Gasteiger partial charge in [-0.05, 0) is 0 Å². The van der Waals surface area contributed by atoms with Gasteiger partial charge in [0, 0.05) is 5.75 Å². The van der Waals surface area contributed by atoms with E-state index >= 15 is 0 Å². The molecule has 0 aliphatic heterocycles. The Kier molecular flexibility index (Phi) is 6.34. The van der Waals surface area contributed by atoms with Crippen LogP contribution < -0.4 is 0 Å². The van der Waals surface area contributed by atoms with E-state index in [1.807, 2.05) is 0 Å². The van der Waals surface area contributed by atoms with Crippen molar-refractivity contribution < 1.29 is 18.6 Å². The van der Waals surface area contributed by atoms with E-state index in [2.05, 4.69) is 6.58 Å². The molecule has 0 aromatic rings. The Hall–Kier alpha value is -0.230. The molecule has 0 aromatic heterocycles. The molecule has 0 spiro atoms. The molecule has 0 aliphatic rings. The molecule has 2 atom stereocenters. The summed E-state index contributed by atoms with van der Waals surface area (Å²) in [6.45, 7) is 3.74. The zero-order valence-electron chi connectivity index (χ0n) is 6.06. The van der Waals surface area contributed by atoms with Crippen LogP contribution in [0.1, 0.15) is 0 Å². The molecule has 0 amide bonds. The third-order valence-corrected chi connectivity index (χ3v) is 1.53. The molecule has 66 valence electrons. The maximum Gasteiger partial charge on any atom is 0.0877 e. The third kappa shape index (κ3) is 7.67. The molecule has 0 radical (unpaired) electrons. The predicted molar refractivity (Wildman–Crippen MR) is 40.8 cm³/mol. The molecule has 2 unspecified atom stereocenters. The molecule has 5 heteroatoms. The van der Waals surface area contributed by atoms with E-state index in [0.717, 1.165) is 0 Å². The monoisotopic (exact) mass is 179 g/mol. The van der Waals surface area contributed by atoms with E-state index in [1.54, 1.807) is 0 Å². The van der Waals surface area contributed by atoms with Crippen LogP contribution in [0.4, 0.5) is 0 Å². The van der Waals surface area contributed by atoms with E-state index in [0.29, 0.717) is 6.61 Å². The summed E-state index contributed by atoms with van der Waals surface area (Å²) in [5.41, 5.74) is 0. The van der Waals surface area contributed by atoms with Crippen molar-refractivity contribution in [3.05, 3.63) is 12.7 Å². The Morgan fingerprint density at radius 3 is 2.91 bits per heavy atom. The highest BCUT2D eigenvalue weighted by molar-refractivity contribution is 7.79. The summed E-state index contributed by atoms with van der Waals surface area (Å²) in [6.07, 6.45) is 0.592. The lowest BCUT2D eigenvalue weighted by molar-refractivity contribution is 0.0614. The standard InChI is InChI=1S/C6H12O4S/c1-2-3-10-4-6(7)5-11(8)9/h2,6-7H,1,3-5H2,(H,8,9)/p-1. The molecule has 11 heavy (non-hydrogen) atoms. The van der Waals surface area contributed by atoms with Crippen LogP contribution in [-0.4, -0.2) is 38.9 Å². The largest absolute Gasteiger partial charge is 0.772 e. The number of aliphatic hydroxyl groups is 1. The first-order valence-corrected chi connectivity index (χ1v) is 4.33. The van der Waals surface area contributed by atoms with Crippen molar-refractivity contribution in [1.82, 2.24) is 0 Å². The van der Waals surface area contributed by atoms with Gasteiger partial charge in [-0.25, -0.2) is 0 Å². The molecule has 0 aromatic carbocycles. The molecule has 0 bridgehead atoms. The zero-order chi connectivity index (χ0) is 8.69. The Morgan fingerprint density at radius 1 is 1.82 bits per heavy atom. The van der Waals surface area contributed by atoms with Crippen LogP contribution in [0.5, 0.6) is 0 Å². The van der Waals surface area contributed by atoms with E-state index in [1.165, 1.54) is 6.08 Å². The molecule has 0 heterocycles. The fourth-order valence-corrected chi connectivity index (χ4v) is 0.903. The Balaban J connectivity index is 3.28. The predicted octanol–water partition coefficient (Wildman–Crippen LogP) is -0.571. The normalized spacial score (nSPS) is 15.8. The first-order chi connectivity index (χ1) is 5.16. The summed E-state index contributed by atoms with van der Waals surface area (Å²) in [5, 5.41) is 8.89. The quantitative estimate of drug-likeness (QED) is 0.337. The fraction of sp³-hybridized carbons (Fsp3) is 0.667. The van der Waals surface area contributed by atoms with Crippen LogP contribution in [0.2, 0.25) is 0 Å². The number of hydrogen-bond donors (Lipinski definition) is 1. The Morgan fingerprint density at radius 2 is 2.45 bits per heavy atom. The van der Waals surface area contributed by atoms with Crippen LogP contribution in [0.25, 0.3) is 0 Å². The second-order valence-corrected chi connectivity index (χ2v) is 2.89. The van der Waals surface area contributed by atoms with E-state index in [9.17, 15) is 8.76 Å². The van der Waals surface area contributed by atoms with Crippen molar-refractivity contribution in [2.75, 3.05) is 19.0 Å². The van der Waals surface area contributed by atoms with Crippen LogP contribution in [0.15, 0.2) is 12.7 Å². The highest BCUT2D eigenvalue weighted by Crippen LogP contribution is 1.88. The van der Waals surface area contributed by atoms with Crippen molar-refractivity contribution in [1.29, 1.82) is 0 Å². The van der Waals surface area contributed by atoms with Gasteiger partial charge >= 0.3 is 0 Å². The van der Waals surface area contributed by atoms with Crippen molar-refractivity contribution in [3.8, 4) is 0 Å². The van der Waals surface area contributed by atoms with Gasteiger partial charge in [-0.3, -0.25) is 4.21 Å².